The van der Waals surface area contributed by atoms with Crippen molar-refractivity contribution in [1.29, 1.82) is 0 Å². The zero-order chi connectivity index (χ0) is 11.0. The van der Waals surface area contributed by atoms with E-state index in [0.29, 0.717) is 19.0 Å². The first kappa shape index (κ1) is 13.3. The second-order valence-electron chi connectivity index (χ2n) is 2.65. The van der Waals surface area contributed by atoms with Crippen molar-refractivity contribution < 1.29 is 19.1 Å². The molecule has 0 amide bonds. The Labute approximate surface area is 88.3 Å². The van der Waals surface area contributed by atoms with Crippen molar-refractivity contribution in [3.63, 3.8) is 0 Å². The van der Waals surface area contributed by atoms with Crippen LogP contribution in [0.25, 0.3) is 0 Å². The maximum absolute atomic E-state index is 11.1. The molecule has 0 spiro atoms. The molecular weight excluding hydrogens is 204 g/mol. The summed E-state index contributed by atoms with van der Waals surface area (Å²) in [6, 6.07) is 0. The summed E-state index contributed by atoms with van der Waals surface area (Å²) in [7, 11) is 0. The molecule has 0 fully saturated rings. The molecule has 0 N–H and O–H groups in total. The van der Waals surface area contributed by atoms with E-state index in [-0.39, 0.29) is 17.2 Å². The van der Waals surface area contributed by atoms with Crippen molar-refractivity contribution in [1.82, 2.24) is 0 Å². The van der Waals surface area contributed by atoms with Crippen LogP contribution in [0.1, 0.15) is 20.8 Å². The predicted molar refractivity (Wildman–Crippen MR) is 55.3 cm³/mol. The number of thioether (sulfide) groups is 1. The molecule has 14 heavy (non-hydrogen) atoms. The van der Waals surface area contributed by atoms with Gasteiger partial charge in [0.25, 0.3) is 0 Å². The highest BCUT2D eigenvalue weighted by molar-refractivity contribution is 8.13. The smallest absolute Gasteiger partial charge is 0.367 e. The Morgan fingerprint density at radius 1 is 1.21 bits per heavy atom. The van der Waals surface area contributed by atoms with Crippen LogP contribution in [0, 0.1) is 5.92 Å². The Morgan fingerprint density at radius 2 is 1.79 bits per heavy atom. The molecule has 0 aromatic carbocycles. The molecule has 82 valence electrons. The van der Waals surface area contributed by atoms with E-state index in [1.807, 2.05) is 0 Å². The third kappa shape index (κ3) is 5.85. The van der Waals surface area contributed by atoms with E-state index in [9.17, 15) is 9.59 Å². The van der Waals surface area contributed by atoms with E-state index >= 15 is 0 Å². The van der Waals surface area contributed by atoms with E-state index in [1.54, 1.807) is 20.8 Å². The van der Waals surface area contributed by atoms with Crippen LogP contribution in [0.15, 0.2) is 0 Å². The molecule has 5 heteroatoms. The number of ether oxygens (including phenoxy) is 2. The molecule has 0 aliphatic carbocycles. The maximum atomic E-state index is 11.1. The van der Waals surface area contributed by atoms with Gasteiger partial charge >= 0.3 is 11.3 Å². The minimum Gasteiger partial charge on any atom is -0.466 e. The number of carbonyl (C=O) groups excluding carboxylic acids is 2. The number of rotatable bonds is 5. The van der Waals surface area contributed by atoms with Gasteiger partial charge in [-0.2, -0.15) is 0 Å². The van der Waals surface area contributed by atoms with Gasteiger partial charge in [0.15, 0.2) is 0 Å². The van der Waals surface area contributed by atoms with Gasteiger partial charge in [0.1, 0.15) is 0 Å². The zero-order valence-corrected chi connectivity index (χ0v) is 9.56. The summed E-state index contributed by atoms with van der Waals surface area (Å²) in [5.41, 5.74) is 0. The summed E-state index contributed by atoms with van der Waals surface area (Å²) in [6.07, 6.45) is 0. The van der Waals surface area contributed by atoms with E-state index in [1.165, 1.54) is 0 Å². The van der Waals surface area contributed by atoms with Crippen molar-refractivity contribution in [3.05, 3.63) is 0 Å². The van der Waals surface area contributed by atoms with Crippen LogP contribution >= 0.6 is 11.8 Å². The van der Waals surface area contributed by atoms with Gasteiger partial charge in [0.2, 0.25) is 0 Å². The minimum atomic E-state index is -0.344. The number of hydrogen-bond acceptors (Lipinski definition) is 5. The Morgan fingerprint density at radius 3 is 2.29 bits per heavy atom. The lowest BCUT2D eigenvalue weighted by atomic mass is 10.2. The average molecular weight is 220 g/mol. The fourth-order valence-corrected chi connectivity index (χ4v) is 1.43. The van der Waals surface area contributed by atoms with Gasteiger partial charge in [-0.3, -0.25) is 4.79 Å². The first-order chi connectivity index (χ1) is 6.61. The molecule has 0 saturated carbocycles. The monoisotopic (exact) mass is 220 g/mol. The van der Waals surface area contributed by atoms with Crippen molar-refractivity contribution in [2.24, 2.45) is 5.92 Å². The topological polar surface area (TPSA) is 52.6 Å². The van der Waals surface area contributed by atoms with Crippen LogP contribution in [0.2, 0.25) is 0 Å². The van der Waals surface area contributed by atoms with Gasteiger partial charge in [-0.1, -0.05) is 6.92 Å². The Balaban J connectivity index is 3.67. The van der Waals surface area contributed by atoms with Gasteiger partial charge in [-0.15, -0.1) is 0 Å². The van der Waals surface area contributed by atoms with Crippen LogP contribution in [-0.4, -0.2) is 30.2 Å². The lowest BCUT2D eigenvalue weighted by Crippen LogP contribution is -2.17. The molecule has 0 aromatic heterocycles. The highest BCUT2D eigenvalue weighted by atomic mass is 32.2. The minimum absolute atomic E-state index is 0.274. The molecule has 0 rings (SSSR count). The third-order valence-corrected chi connectivity index (χ3v) is 2.42. The Bertz CT molecular complexity index is 193. The molecule has 0 heterocycles. The highest BCUT2D eigenvalue weighted by Crippen LogP contribution is 2.12. The molecular formula is C9H16O4S. The van der Waals surface area contributed by atoms with Gasteiger partial charge in [0, 0.05) is 5.75 Å². The van der Waals surface area contributed by atoms with E-state index < -0.39 is 0 Å². The fraction of sp³-hybridized carbons (Fsp3) is 0.778. The van der Waals surface area contributed by atoms with Crippen LogP contribution in [-0.2, 0) is 14.3 Å². The lowest BCUT2D eigenvalue weighted by Gasteiger charge is -2.08. The van der Waals surface area contributed by atoms with Crippen LogP contribution in [0.3, 0.4) is 0 Å². The van der Waals surface area contributed by atoms with Crippen LogP contribution in [0.5, 0.6) is 0 Å². The Hall–Kier alpha value is -0.710. The van der Waals surface area contributed by atoms with Crippen LogP contribution in [0.4, 0.5) is 4.79 Å². The summed E-state index contributed by atoms with van der Waals surface area (Å²) in [5, 5.41) is -0.344. The first-order valence-electron chi connectivity index (χ1n) is 4.58. The quantitative estimate of drug-likeness (QED) is 0.664. The van der Waals surface area contributed by atoms with Crippen molar-refractivity contribution in [2.45, 2.75) is 20.8 Å². The standard InChI is InChI=1S/C9H16O4S/c1-4-12-8(10)7(3)6-14-9(11)13-5-2/h7H,4-6H2,1-3H3. The second kappa shape index (κ2) is 7.67. The third-order valence-electron chi connectivity index (χ3n) is 1.40. The summed E-state index contributed by atoms with van der Waals surface area (Å²) in [5.74, 6) is -0.147. The van der Waals surface area contributed by atoms with E-state index in [2.05, 4.69) is 0 Å². The number of hydrogen-bond donors (Lipinski definition) is 0. The summed E-state index contributed by atoms with van der Waals surface area (Å²) in [6.45, 7) is 5.95. The molecule has 0 aliphatic rings. The van der Waals surface area contributed by atoms with Gasteiger partial charge in [0.05, 0.1) is 19.1 Å². The maximum Gasteiger partial charge on any atom is 0.367 e. The van der Waals surface area contributed by atoms with Gasteiger partial charge in [-0.25, -0.2) is 4.79 Å². The average Bonchev–Trinajstić information content (AvgIpc) is 2.15. The molecule has 0 radical (unpaired) electrons. The largest absolute Gasteiger partial charge is 0.466 e. The molecule has 0 aliphatic heterocycles. The van der Waals surface area contributed by atoms with E-state index in [0.717, 1.165) is 11.8 Å². The molecule has 1 atom stereocenters. The SMILES string of the molecule is CCOC(=O)SCC(C)C(=O)OCC. The number of esters is 1. The number of carbonyl (C=O) groups is 2. The van der Waals surface area contributed by atoms with E-state index in [4.69, 9.17) is 9.47 Å². The lowest BCUT2D eigenvalue weighted by molar-refractivity contribution is -0.146. The molecule has 4 nitrogen and oxygen atoms in total. The van der Waals surface area contributed by atoms with Crippen molar-refractivity contribution >= 4 is 23.0 Å². The normalized spacial score (nSPS) is 11.9. The second-order valence-corrected chi connectivity index (χ2v) is 3.60. The van der Waals surface area contributed by atoms with Crippen LogP contribution < -0.4 is 0 Å². The summed E-state index contributed by atoms with van der Waals surface area (Å²) >= 11 is 1.00. The molecule has 0 bridgehead atoms. The van der Waals surface area contributed by atoms with Gasteiger partial charge < -0.3 is 9.47 Å². The van der Waals surface area contributed by atoms with Crippen molar-refractivity contribution in [2.75, 3.05) is 19.0 Å². The summed E-state index contributed by atoms with van der Waals surface area (Å²) < 4.78 is 9.50. The highest BCUT2D eigenvalue weighted by Gasteiger charge is 2.16. The molecule has 0 aromatic rings. The molecule has 1 unspecified atom stereocenters. The first-order valence-corrected chi connectivity index (χ1v) is 5.56. The fourth-order valence-electron chi connectivity index (χ4n) is 0.705. The van der Waals surface area contributed by atoms with Crippen molar-refractivity contribution in [3.8, 4) is 0 Å². The zero-order valence-electron chi connectivity index (χ0n) is 8.74. The predicted octanol–water partition coefficient (Wildman–Crippen LogP) is 2.08. The Kier molecular flexibility index (Phi) is 7.28. The molecule has 0 saturated heterocycles. The van der Waals surface area contributed by atoms with Gasteiger partial charge in [-0.05, 0) is 25.6 Å². The summed E-state index contributed by atoms with van der Waals surface area (Å²) in [4.78, 5) is 22.0.